The van der Waals surface area contributed by atoms with E-state index in [0.717, 1.165) is 0 Å². The molecule has 0 aromatic heterocycles. The number of carbonyl (C=O) groups excluding carboxylic acids is 1. The van der Waals surface area contributed by atoms with E-state index >= 15 is 0 Å². The molecule has 2 nitrogen and oxygen atoms in total. The van der Waals surface area contributed by atoms with E-state index in [4.69, 9.17) is 27.9 Å². The number of ether oxygens (including phenoxy) is 1. The molecule has 0 spiro atoms. The molecule has 0 fully saturated rings. The summed E-state index contributed by atoms with van der Waals surface area (Å²) in [6.07, 6.45) is -0.0312. The Hall–Kier alpha value is -1.58. The summed E-state index contributed by atoms with van der Waals surface area (Å²) in [6.45, 7) is -0.121. The van der Waals surface area contributed by atoms with Gasteiger partial charge < -0.3 is 4.74 Å². The van der Waals surface area contributed by atoms with Gasteiger partial charge in [-0.25, -0.2) is 4.39 Å². The molecular formula is C15H11Cl2FO2. The van der Waals surface area contributed by atoms with E-state index in [2.05, 4.69) is 0 Å². The highest BCUT2D eigenvalue weighted by Gasteiger charge is 2.09. The number of benzene rings is 2. The first-order chi connectivity index (χ1) is 9.54. The first kappa shape index (κ1) is 14.8. The highest BCUT2D eigenvalue weighted by Crippen LogP contribution is 2.17. The van der Waals surface area contributed by atoms with E-state index in [0.29, 0.717) is 21.4 Å². The van der Waals surface area contributed by atoms with Crippen LogP contribution < -0.4 is 4.74 Å². The molecule has 0 saturated carbocycles. The Labute approximate surface area is 126 Å². The van der Waals surface area contributed by atoms with E-state index in [1.165, 1.54) is 12.1 Å². The van der Waals surface area contributed by atoms with E-state index in [-0.39, 0.29) is 18.8 Å². The lowest BCUT2D eigenvalue weighted by Crippen LogP contribution is -2.14. The summed E-state index contributed by atoms with van der Waals surface area (Å²) in [4.78, 5) is 11.7. The van der Waals surface area contributed by atoms with Crippen LogP contribution in [0.3, 0.4) is 0 Å². The highest BCUT2D eigenvalue weighted by atomic mass is 35.5. The minimum absolute atomic E-state index is 0.0312. The predicted octanol–water partition coefficient (Wildman–Crippen LogP) is 4.32. The summed E-state index contributed by atoms with van der Waals surface area (Å²) in [5.74, 6) is -0.169. The van der Waals surface area contributed by atoms with Gasteiger partial charge in [0, 0.05) is 16.5 Å². The van der Waals surface area contributed by atoms with Gasteiger partial charge in [-0.05, 0) is 42.0 Å². The van der Waals surface area contributed by atoms with Crippen LogP contribution in [0.25, 0.3) is 0 Å². The van der Waals surface area contributed by atoms with Crippen molar-refractivity contribution in [1.29, 1.82) is 0 Å². The van der Waals surface area contributed by atoms with Crippen LogP contribution in [0.2, 0.25) is 10.0 Å². The summed E-state index contributed by atoms with van der Waals surface area (Å²) >= 11 is 11.4. The van der Waals surface area contributed by atoms with Gasteiger partial charge in [0.1, 0.15) is 18.2 Å². The normalized spacial score (nSPS) is 10.3. The van der Waals surface area contributed by atoms with Crippen molar-refractivity contribution in [2.45, 2.75) is 6.42 Å². The predicted molar refractivity (Wildman–Crippen MR) is 77.1 cm³/mol. The van der Waals surface area contributed by atoms with Crippen LogP contribution in [-0.4, -0.2) is 12.4 Å². The number of hydrogen-bond donors (Lipinski definition) is 0. The number of ketones is 1. The first-order valence-electron chi connectivity index (χ1n) is 5.88. The van der Waals surface area contributed by atoms with E-state index < -0.39 is 5.82 Å². The molecule has 2 aromatic carbocycles. The monoisotopic (exact) mass is 312 g/mol. The van der Waals surface area contributed by atoms with Crippen molar-refractivity contribution >= 4 is 29.0 Å². The molecule has 5 heteroatoms. The second kappa shape index (κ2) is 6.73. The Kier molecular flexibility index (Phi) is 4.99. The summed E-state index contributed by atoms with van der Waals surface area (Å²) in [6, 6.07) is 10.9. The molecule has 0 amide bonds. The number of rotatable bonds is 5. The van der Waals surface area contributed by atoms with Gasteiger partial charge in [0.2, 0.25) is 0 Å². The molecule has 0 aliphatic rings. The van der Waals surface area contributed by atoms with Gasteiger partial charge in [0.05, 0.1) is 0 Å². The maximum atomic E-state index is 13.5. The highest BCUT2D eigenvalue weighted by molar-refractivity contribution is 6.30. The maximum Gasteiger partial charge on any atom is 0.174 e. The fraction of sp³-hybridized carbons (Fsp3) is 0.133. The SMILES string of the molecule is O=C(COc1ccc(Cl)cc1)Cc1ccc(Cl)cc1F. The van der Waals surface area contributed by atoms with Crippen LogP contribution in [0.5, 0.6) is 5.75 Å². The molecule has 0 aliphatic heterocycles. The third-order valence-corrected chi connectivity index (χ3v) is 3.10. The molecule has 0 N–H and O–H groups in total. The lowest BCUT2D eigenvalue weighted by Gasteiger charge is -2.06. The van der Waals surface area contributed by atoms with E-state index in [1.807, 2.05) is 0 Å². The fourth-order valence-corrected chi connectivity index (χ4v) is 1.91. The zero-order valence-corrected chi connectivity index (χ0v) is 11.9. The molecule has 2 rings (SSSR count). The topological polar surface area (TPSA) is 26.3 Å². The first-order valence-corrected chi connectivity index (χ1v) is 6.64. The maximum absolute atomic E-state index is 13.5. The third-order valence-electron chi connectivity index (χ3n) is 2.62. The standard InChI is InChI=1S/C15H11Cl2FO2/c16-11-3-5-14(6-4-11)20-9-13(19)7-10-1-2-12(17)8-15(10)18/h1-6,8H,7,9H2. The average molecular weight is 313 g/mol. The molecule has 20 heavy (non-hydrogen) atoms. The minimum Gasteiger partial charge on any atom is -0.486 e. The van der Waals surface area contributed by atoms with Crippen LogP contribution >= 0.6 is 23.2 Å². The lowest BCUT2D eigenvalue weighted by atomic mass is 10.1. The van der Waals surface area contributed by atoms with Gasteiger partial charge >= 0.3 is 0 Å². The van der Waals surface area contributed by atoms with Crippen LogP contribution in [-0.2, 0) is 11.2 Å². The summed E-state index contributed by atoms with van der Waals surface area (Å²) < 4.78 is 18.8. The Morgan fingerprint density at radius 1 is 1.05 bits per heavy atom. The second-order valence-electron chi connectivity index (χ2n) is 4.19. The Balaban J connectivity index is 1.90. The van der Waals surface area contributed by atoms with Crippen LogP contribution in [0.1, 0.15) is 5.56 Å². The third kappa shape index (κ3) is 4.22. The lowest BCUT2D eigenvalue weighted by molar-refractivity contribution is -0.120. The summed E-state index contributed by atoms with van der Waals surface area (Å²) in [5, 5.41) is 0.892. The smallest absolute Gasteiger partial charge is 0.174 e. The Morgan fingerprint density at radius 2 is 1.70 bits per heavy atom. The molecule has 0 heterocycles. The van der Waals surface area contributed by atoms with Gasteiger partial charge in [-0.2, -0.15) is 0 Å². The van der Waals surface area contributed by atoms with Crippen molar-refractivity contribution in [3.63, 3.8) is 0 Å². The van der Waals surface area contributed by atoms with Gasteiger partial charge in [0.25, 0.3) is 0 Å². The molecule has 0 saturated heterocycles. The van der Waals surface area contributed by atoms with Crippen LogP contribution in [0.15, 0.2) is 42.5 Å². The molecule has 104 valence electrons. The van der Waals surface area contributed by atoms with E-state index in [1.54, 1.807) is 30.3 Å². The molecular weight excluding hydrogens is 302 g/mol. The van der Waals surface area contributed by atoms with E-state index in [9.17, 15) is 9.18 Å². The zero-order valence-electron chi connectivity index (χ0n) is 10.4. The summed E-state index contributed by atoms with van der Waals surface area (Å²) in [5.41, 5.74) is 0.305. The molecule has 0 unspecified atom stereocenters. The molecule has 0 aliphatic carbocycles. The molecule has 0 atom stereocenters. The minimum atomic E-state index is -0.489. The van der Waals surface area contributed by atoms with Crippen molar-refractivity contribution in [3.8, 4) is 5.75 Å². The van der Waals surface area contributed by atoms with Gasteiger partial charge in [-0.15, -0.1) is 0 Å². The van der Waals surface area contributed by atoms with Gasteiger partial charge in [-0.1, -0.05) is 29.3 Å². The fourth-order valence-electron chi connectivity index (χ4n) is 1.62. The van der Waals surface area contributed by atoms with Crippen molar-refractivity contribution in [2.75, 3.05) is 6.61 Å². The number of hydrogen-bond acceptors (Lipinski definition) is 2. The summed E-state index contributed by atoms with van der Waals surface area (Å²) in [7, 11) is 0. The average Bonchev–Trinajstić information content (AvgIpc) is 2.41. The zero-order chi connectivity index (χ0) is 14.5. The quantitative estimate of drug-likeness (QED) is 0.821. The number of Topliss-reactive ketones (excluding diaryl/α,β-unsaturated/α-hetero) is 1. The molecule has 0 radical (unpaired) electrons. The molecule has 0 bridgehead atoms. The van der Waals surface area contributed by atoms with Crippen LogP contribution in [0, 0.1) is 5.82 Å². The van der Waals surface area contributed by atoms with Gasteiger partial charge in [-0.3, -0.25) is 4.79 Å². The molecule has 2 aromatic rings. The van der Waals surface area contributed by atoms with Crippen LogP contribution in [0.4, 0.5) is 4.39 Å². The number of carbonyl (C=O) groups is 1. The Morgan fingerprint density at radius 3 is 2.35 bits per heavy atom. The van der Waals surface area contributed by atoms with Crippen molar-refractivity contribution < 1.29 is 13.9 Å². The van der Waals surface area contributed by atoms with Crippen molar-refractivity contribution in [3.05, 3.63) is 63.9 Å². The van der Waals surface area contributed by atoms with Crippen molar-refractivity contribution in [2.24, 2.45) is 0 Å². The van der Waals surface area contributed by atoms with Gasteiger partial charge in [0.15, 0.2) is 5.78 Å². The Bertz CT molecular complexity index is 612. The largest absolute Gasteiger partial charge is 0.486 e. The van der Waals surface area contributed by atoms with Crippen molar-refractivity contribution in [1.82, 2.24) is 0 Å². The second-order valence-corrected chi connectivity index (χ2v) is 5.07. The number of halogens is 3.